The summed E-state index contributed by atoms with van der Waals surface area (Å²) in [5, 5.41) is 0. The molecule has 0 atom stereocenters. The zero-order valence-electron chi connectivity index (χ0n) is 10.9. The smallest absolute Gasteiger partial charge is 0.383 e. The standard InChI is InChI=1S/C13H11F4N3O/c1-2-7-10(18)19-11(20-12(7)21)8-4-3-6(14)5-9(8)13(15,16)17/h3-5H,2H2,1H3,(H3,18,19,20,21). The molecule has 8 heteroatoms. The number of rotatable bonds is 2. The molecule has 0 aliphatic carbocycles. The number of nitrogens with zero attached hydrogens (tertiary/aromatic N) is 1. The molecule has 0 spiro atoms. The second-order valence-corrected chi connectivity index (χ2v) is 4.32. The van der Waals surface area contributed by atoms with Crippen LogP contribution >= 0.6 is 0 Å². The van der Waals surface area contributed by atoms with Crippen LogP contribution in [0.1, 0.15) is 18.1 Å². The molecular formula is C13H11F4N3O. The Kier molecular flexibility index (Phi) is 3.71. The molecule has 21 heavy (non-hydrogen) atoms. The minimum atomic E-state index is -4.78. The molecule has 112 valence electrons. The summed E-state index contributed by atoms with van der Waals surface area (Å²) in [7, 11) is 0. The Morgan fingerprint density at radius 3 is 2.52 bits per heavy atom. The van der Waals surface area contributed by atoms with Crippen LogP contribution < -0.4 is 11.3 Å². The first kappa shape index (κ1) is 15.0. The number of aromatic amines is 1. The van der Waals surface area contributed by atoms with Gasteiger partial charge in [0.15, 0.2) is 0 Å². The Hall–Kier alpha value is -2.38. The summed E-state index contributed by atoms with van der Waals surface area (Å²) in [5.74, 6) is -1.53. The van der Waals surface area contributed by atoms with Crippen LogP contribution in [0.3, 0.4) is 0 Å². The number of nitrogens with two attached hydrogens (primary N) is 1. The molecule has 1 aromatic carbocycles. The van der Waals surface area contributed by atoms with Crippen LogP contribution in [0.5, 0.6) is 0 Å². The summed E-state index contributed by atoms with van der Waals surface area (Å²) < 4.78 is 51.9. The van der Waals surface area contributed by atoms with Crippen molar-refractivity contribution < 1.29 is 17.6 Å². The van der Waals surface area contributed by atoms with Crippen LogP contribution in [0.15, 0.2) is 23.0 Å². The van der Waals surface area contributed by atoms with Gasteiger partial charge in [0.1, 0.15) is 17.5 Å². The molecule has 0 aliphatic rings. The Labute approximate surface area is 116 Å². The van der Waals surface area contributed by atoms with Crippen molar-refractivity contribution in [2.75, 3.05) is 5.73 Å². The molecule has 1 heterocycles. The summed E-state index contributed by atoms with van der Waals surface area (Å²) >= 11 is 0. The molecular weight excluding hydrogens is 290 g/mol. The average molecular weight is 301 g/mol. The van der Waals surface area contributed by atoms with E-state index in [1.54, 1.807) is 6.92 Å². The van der Waals surface area contributed by atoms with Gasteiger partial charge in [-0.3, -0.25) is 4.79 Å². The number of anilines is 1. The first-order chi connectivity index (χ1) is 9.74. The lowest BCUT2D eigenvalue weighted by Gasteiger charge is -2.13. The molecule has 0 unspecified atom stereocenters. The van der Waals surface area contributed by atoms with Crippen LogP contribution in [0, 0.1) is 5.82 Å². The predicted molar refractivity (Wildman–Crippen MR) is 69.0 cm³/mol. The molecule has 0 aliphatic heterocycles. The number of hydrogen-bond acceptors (Lipinski definition) is 3. The van der Waals surface area contributed by atoms with E-state index >= 15 is 0 Å². The summed E-state index contributed by atoms with van der Waals surface area (Å²) in [4.78, 5) is 17.8. The van der Waals surface area contributed by atoms with Gasteiger partial charge in [-0.2, -0.15) is 13.2 Å². The normalized spacial score (nSPS) is 11.7. The van der Waals surface area contributed by atoms with E-state index in [9.17, 15) is 22.4 Å². The maximum absolute atomic E-state index is 13.1. The number of hydrogen-bond donors (Lipinski definition) is 2. The van der Waals surface area contributed by atoms with E-state index < -0.39 is 28.7 Å². The fraction of sp³-hybridized carbons (Fsp3) is 0.231. The van der Waals surface area contributed by atoms with Gasteiger partial charge in [0.25, 0.3) is 5.56 Å². The number of alkyl halides is 3. The van der Waals surface area contributed by atoms with Gasteiger partial charge in [0.05, 0.1) is 11.1 Å². The van der Waals surface area contributed by atoms with E-state index in [0.29, 0.717) is 12.5 Å². The van der Waals surface area contributed by atoms with E-state index in [0.717, 1.165) is 12.1 Å². The van der Waals surface area contributed by atoms with Crippen LogP contribution in [-0.2, 0) is 12.6 Å². The predicted octanol–water partition coefficient (Wildman–Crippen LogP) is 2.74. The Morgan fingerprint density at radius 1 is 1.33 bits per heavy atom. The van der Waals surface area contributed by atoms with Crippen molar-refractivity contribution in [2.45, 2.75) is 19.5 Å². The number of benzene rings is 1. The highest BCUT2D eigenvalue weighted by molar-refractivity contribution is 5.63. The molecule has 1 aromatic heterocycles. The van der Waals surface area contributed by atoms with Crippen molar-refractivity contribution in [3.63, 3.8) is 0 Å². The van der Waals surface area contributed by atoms with Gasteiger partial charge in [-0.05, 0) is 24.6 Å². The maximum atomic E-state index is 13.1. The number of halogens is 4. The topological polar surface area (TPSA) is 71.8 Å². The minimum absolute atomic E-state index is 0.145. The largest absolute Gasteiger partial charge is 0.417 e. The SMILES string of the molecule is CCc1c(N)nc(-c2ccc(F)cc2C(F)(F)F)[nH]c1=O. The van der Waals surface area contributed by atoms with E-state index in [2.05, 4.69) is 9.97 Å². The lowest BCUT2D eigenvalue weighted by molar-refractivity contribution is -0.137. The summed E-state index contributed by atoms with van der Waals surface area (Å²) in [6.07, 6.45) is -4.49. The first-order valence-corrected chi connectivity index (χ1v) is 5.99. The van der Waals surface area contributed by atoms with Crippen molar-refractivity contribution in [1.82, 2.24) is 9.97 Å². The number of aromatic nitrogens is 2. The molecule has 0 fully saturated rings. The van der Waals surface area contributed by atoms with Gasteiger partial charge in [-0.25, -0.2) is 9.37 Å². The van der Waals surface area contributed by atoms with Crippen LogP contribution in [0.4, 0.5) is 23.4 Å². The molecule has 0 saturated carbocycles. The lowest BCUT2D eigenvalue weighted by Crippen LogP contribution is -2.19. The first-order valence-electron chi connectivity index (χ1n) is 5.99. The van der Waals surface area contributed by atoms with Crippen molar-refractivity contribution in [3.05, 3.63) is 45.5 Å². The van der Waals surface area contributed by atoms with Gasteiger partial charge in [0.2, 0.25) is 0 Å². The molecule has 2 aromatic rings. The minimum Gasteiger partial charge on any atom is -0.383 e. The zero-order chi connectivity index (χ0) is 15.8. The van der Waals surface area contributed by atoms with Gasteiger partial charge in [0, 0.05) is 5.56 Å². The van der Waals surface area contributed by atoms with E-state index in [-0.39, 0.29) is 17.2 Å². The molecule has 3 N–H and O–H groups in total. The highest BCUT2D eigenvalue weighted by Crippen LogP contribution is 2.36. The molecule has 0 bridgehead atoms. The molecule has 2 rings (SSSR count). The second kappa shape index (κ2) is 5.19. The Bertz CT molecular complexity index is 737. The highest BCUT2D eigenvalue weighted by Gasteiger charge is 2.35. The fourth-order valence-corrected chi connectivity index (χ4v) is 1.94. The van der Waals surface area contributed by atoms with Crippen molar-refractivity contribution in [3.8, 4) is 11.4 Å². The van der Waals surface area contributed by atoms with Crippen LogP contribution in [0.25, 0.3) is 11.4 Å². The summed E-state index contributed by atoms with van der Waals surface area (Å²) in [6.45, 7) is 1.67. The third-order valence-corrected chi connectivity index (χ3v) is 2.94. The van der Waals surface area contributed by atoms with Crippen LogP contribution in [-0.4, -0.2) is 9.97 Å². The van der Waals surface area contributed by atoms with Crippen molar-refractivity contribution >= 4 is 5.82 Å². The third-order valence-electron chi connectivity index (χ3n) is 2.94. The number of H-pyrrole nitrogens is 1. The van der Waals surface area contributed by atoms with E-state index in [4.69, 9.17) is 5.73 Å². The maximum Gasteiger partial charge on any atom is 0.417 e. The highest BCUT2D eigenvalue weighted by atomic mass is 19.4. The second-order valence-electron chi connectivity index (χ2n) is 4.32. The van der Waals surface area contributed by atoms with Gasteiger partial charge >= 0.3 is 6.18 Å². The van der Waals surface area contributed by atoms with Crippen LogP contribution in [0.2, 0.25) is 0 Å². The Morgan fingerprint density at radius 2 is 2.00 bits per heavy atom. The lowest BCUT2D eigenvalue weighted by atomic mass is 10.1. The molecule has 4 nitrogen and oxygen atoms in total. The fourth-order valence-electron chi connectivity index (χ4n) is 1.94. The van der Waals surface area contributed by atoms with Gasteiger partial charge in [-0.15, -0.1) is 0 Å². The number of nitrogen functional groups attached to an aromatic ring is 1. The number of nitrogens with one attached hydrogen (secondary N) is 1. The van der Waals surface area contributed by atoms with Gasteiger partial charge < -0.3 is 10.7 Å². The molecule has 0 saturated heterocycles. The van der Waals surface area contributed by atoms with E-state index in [1.165, 1.54) is 0 Å². The third kappa shape index (κ3) is 2.88. The molecule has 0 amide bonds. The average Bonchev–Trinajstić information content (AvgIpc) is 2.37. The summed E-state index contributed by atoms with van der Waals surface area (Å²) in [5.41, 5.74) is 3.49. The van der Waals surface area contributed by atoms with Crippen molar-refractivity contribution in [2.24, 2.45) is 0 Å². The van der Waals surface area contributed by atoms with E-state index in [1.807, 2.05) is 0 Å². The summed E-state index contributed by atoms with van der Waals surface area (Å²) in [6, 6.07) is 2.11. The quantitative estimate of drug-likeness (QED) is 0.838. The zero-order valence-corrected chi connectivity index (χ0v) is 10.9. The van der Waals surface area contributed by atoms with Gasteiger partial charge in [-0.1, -0.05) is 6.92 Å². The monoisotopic (exact) mass is 301 g/mol. The van der Waals surface area contributed by atoms with Crippen molar-refractivity contribution in [1.29, 1.82) is 0 Å². The Balaban J connectivity index is 2.71. The molecule has 0 radical (unpaired) electrons.